The van der Waals surface area contributed by atoms with Gasteiger partial charge in [0.15, 0.2) is 6.61 Å². The lowest BCUT2D eigenvalue weighted by Crippen LogP contribution is -2.42. The van der Waals surface area contributed by atoms with Crippen LogP contribution < -0.4 is 10.1 Å². The zero-order valence-corrected chi connectivity index (χ0v) is 11.4. The predicted molar refractivity (Wildman–Crippen MR) is 69.5 cm³/mol. The van der Waals surface area contributed by atoms with E-state index in [-0.39, 0.29) is 6.61 Å². The molecule has 0 aliphatic carbocycles. The zero-order chi connectivity index (χ0) is 13.5. The predicted octanol–water partition coefficient (Wildman–Crippen LogP) is 1.81. The Morgan fingerprint density at radius 3 is 2.50 bits per heavy atom. The Labute approximate surface area is 113 Å². The summed E-state index contributed by atoms with van der Waals surface area (Å²) in [5.74, 6) is -0.946. The summed E-state index contributed by atoms with van der Waals surface area (Å²) in [5, 5.41) is 11.2. The van der Waals surface area contributed by atoms with Crippen molar-refractivity contribution in [3.63, 3.8) is 0 Å². The molecule has 0 radical (unpaired) electrons. The van der Waals surface area contributed by atoms with Gasteiger partial charge in [-0.25, -0.2) is 4.79 Å². The molecule has 6 heteroatoms. The largest absolute Gasteiger partial charge is 0.484 e. The fourth-order valence-corrected chi connectivity index (χ4v) is 1.52. The summed E-state index contributed by atoms with van der Waals surface area (Å²) in [7, 11) is 0. The first kappa shape index (κ1) is 14.5. The summed E-state index contributed by atoms with van der Waals surface area (Å²) in [4.78, 5) is 22.2. The van der Waals surface area contributed by atoms with Crippen LogP contribution in [-0.4, -0.2) is 29.6 Å². The van der Waals surface area contributed by atoms with E-state index in [0.29, 0.717) is 12.2 Å². The van der Waals surface area contributed by atoms with Gasteiger partial charge in [0.05, 0.1) is 0 Å². The normalized spacial score (nSPS) is 11.7. The summed E-state index contributed by atoms with van der Waals surface area (Å²) < 4.78 is 6.14. The Balaban J connectivity index is 2.41. The molecule has 0 spiro atoms. The number of rotatable bonds is 6. The Morgan fingerprint density at radius 2 is 2.00 bits per heavy atom. The molecule has 0 saturated heterocycles. The molecule has 1 amide bonds. The fraction of sp³-hybridized carbons (Fsp3) is 0.333. The first-order valence-corrected chi connectivity index (χ1v) is 6.22. The molecule has 0 fully saturated rings. The number of carboxylic acid groups (broad SMARTS) is 1. The molecule has 0 bridgehead atoms. The van der Waals surface area contributed by atoms with E-state index in [0.717, 1.165) is 4.47 Å². The molecule has 0 saturated carbocycles. The number of carbonyl (C=O) groups is 2. The fourth-order valence-electron chi connectivity index (χ4n) is 1.25. The van der Waals surface area contributed by atoms with Gasteiger partial charge in [-0.1, -0.05) is 22.9 Å². The molecule has 1 atom stereocenters. The van der Waals surface area contributed by atoms with Gasteiger partial charge < -0.3 is 15.2 Å². The summed E-state index contributed by atoms with van der Waals surface area (Å²) in [6, 6.07) is 6.14. The molecule has 2 N–H and O–H groups in total. The van der Waals surface area contributed by atoms with Gasteiger partial charge in [0.1, 0.15) is 11.8 Å². The Hall–Kier alpha value is -1.56. The van der Waals surface area contributed by atoms with Crippen molar-refractivity contribution in [3.05, 3.63) is 28.7 Å². The van der Waals surface area contributed by atoms with Crippen molar-refractivity contribution in [1.29, 1.82) is 0 Å². The lowest BCUT2D eigenvalue weighted by atomic mass is 10.2. The van der Waals surface area contributed by atoms with Crippen molar-refractivity contribution in [2.45, 2.75) is 19.4 Å². The number of ether oxygens (including phenoxy) is 1. The molecule has 1 aromatic rings. The van der Waals surface area contributed by atoms with E-state index >= 15 is 0 Å². The number of amides is 1. The van der Waals surface area contributed by atoms with Crippen molar-refractivity contribution in [2.75, 3.05) is 6.61 Å². The van der Waals surface area contributed by atoms with Crippen LogP contribution in [0.15, 0.2) is 28.7 Å². The maximum Gasteiger partial charge on any atom is 0.326 e. The van der Waals surface area contributed by atoms with Crippen LogP contribution in [-0.2, 0) is 9.59 Å². The third-order valence-corrected chi connectivity index (χ3v) is 2.75. The number of halogens is 1. The minimum atomic E-state index is -1.05. The maximum atomic E-state index is 11.4. The standard InChI is InChI=1S/C12H14BrNO4/c1-2-10(12(16)17)14-11(15)7-18-9-5-3-8(13)4-6-9/h3-6,10H,2,7H2,1H3,(H,14,15)(H,16,17)/t10-/m1/s1. The van der Waals surface area contributed by atoms with Gasteiger partial charge in [0, 0.05) is 4.47 Å². The van der Waals surface area contributed by atoms with Crippen LogP contribution in [0.3, 0.4) is 0 Å². The van der Waals surface area contributed by atoms with E-state index in [4.69, 9.17) is 9.84 Å². The third-order valence-electron chi connectivity index (χ3n) is 2.23. The molecule has 1 aromatic carbocycles. The van der Waals surface area contributed by atoms with Gasteiger partial charge >= 0.3 is 5.97 Å². The van der Waals surface area contributed by atoms with Gasteiger partial charge in [0.25, 0.3) is 5.91 Å². The van der Waals surface area contributed by atoms with Crippen LogP contribution in [0, 0.1) is 0 Å². The molecule has 0 aliphatic heterocycles. The van der Waals surface area contributed by atoms with Crippen LogP contribution in [0.5, 0.6) is 5.75 Å². The Morgan fingerprint density at radius 1 is 1.39 bits per heavy atom. The molecule has 0 aromatic heterocycles. The number of hydrogen-bond donors (Lipinski definition) is 2. The monoisotopic (exact) mass is 315 g/mol. The Kier molecular flexibility index (Phi) is 5.64. The quantitative estimate of drug-likeness (QED) is 0.839. The highest BCUT2D eigenvalue weighted by atomic mass is 79.9. The van der Waals surface area contributed by atoms with Crippen LogP contribution in [0.4, 0.5) is 0 Å². The number of aliphatic carboxylic acids is 1. The molecule has 5 nitrogen and oxygen atoms in total. The lowest BCUT2D eigenvalue weighted by molar-refractivity contribution is -0.142. The van der Waals surface area contributed by atoms with E-state index in [9.17, 15) is 9.59 Å². The van der Waals surface area contributed by atoms with Crippen LogP contribution in [0.2, 0.25) is 0 Å². The van der Waals surface area contributed by atoms with E-state index in [1.165, 1.54) is 0 Å². The molecule has 0 heterocycles. The number of hydrogen-bond acceptors (Lipinski definition) is 3. The van der Waals surface area contributed by atoms with E-state index < -0.39 is 17.9 Å². The van der Waals surface area contributed by atoms with Crippen LogP contribution in [0.1, 0.15) is 13.3 Å². The van der Waals surface area contributed by atoms with Crippen LogP contribution in [0.25, 0.3) is 0 Å². The second-order valence-corrected chi connectivity index (χ2v) is 4.52. The molecular formula is C12H14BrNO4. The Bertz CT molecular complexity index is 419. The first-order valence-electron chi connectivity index (χ1n) is 5.43. The lowest BCUT2D eigenvalue weighted by Gasteiger charge is -2.12. The average Bonchev–Trinajstić information content (AvgIpc) is 2.35. The summed E-state index contributed by atoms with van der Waals surface area (Å²) in [5.41, 5.74) is 0. The summed E-state index contributed by atoms with van der Waals surface area (Å²) in [6.07, 6.45) is 0.333. The zero-order valence-electron chi connectivity index (χ0n) is 9.85. The van der Waals surface area contributed by atoms with E-state index in [1.54, 1.807) is 31.2 Å². The topological polar surface area (TPSA) is 75.6 Å². The highest BCUT2D eigenvalue weighted by molar-refractivity contribution is 9.10. The molecular weight excluding hydrogens is 302 g/mol. The number of nitrogens with one attached hydrogen (secondary N) is 1. The highest BCUT2D eigenvalue weighted by Crippen LogP contribution is 2.15. The SMILES string of the molecule is CC[C@@H](NC(=O)COc1ccc(Br)cc1)C(=O)O. The van der Waals surface area contributed by atoms with E-state index in [1.807, 2.05) is 0 Å². The van der Waals surface area contributed by atoms with Gasteiger partial charge in [-0.15, -0.1) is 0 Å². The molecule has 18 heavy (non-hydrogen) atoms. The van der Waals surface area contributed by atoms with Crippen molar-refractivity contribution in [2.24, 2.45) is 0 Å². The smallest absolute Gasteiger partial charge is 0.326 e. The van der Waals surface area contributed by atoms with Crippen molar-refractivity contribution >= 4 is 27.8 Å². The number of carboxylic acids is 1. The van der Waals surface area contributed by atoms with Gasteiger partial charge in [0.2, 0.25) is 0 Å². The highest BCUT2D eigenvalue weighted by Gasteiger charge is 2.17. The minimum absolute atomic E-state index is 0.203. The van der Waals surface area contributed by atoms with Crippen LogP contribution >= 0.6 is 15.9 Å². The second-order valence-electron chi connectivity index (χ2n) is 3.61. The number of benzene rings is 1. The van der Waals surface area contributed by atoms with Crippen molar-refractivity contribution in [1.82, 2.24) is 5.32 Å². The number of carbonyl (C=O) groups excluding carboxylic acids is 1. The minimum Gasteiger partial charge on any atom is -0.484 e. The molecule has 0 unspecified atom stereocenters. The second kappa shape index (κ2) is 7.00. The molecule has 0 aliphatic rings. The van der Waals surface area contributed by atoms with Crippen molar-refractivity contribution < 1.29 is 19.4 Å². The van der Waals surface area contributed by atoms with Gasteiger partial charge in [-0.3, -0.25) is 4.79 Å². The molecule has 1 rings (SSSR count). The summed E-state index contributed by atoms with van der Waals surface area (Å²) >= 11 is 3.28. The summed E-state index contributed by atoms with van der Waals surface area (Å²) in [6.45, 7) is 1.49. The van der Waals surface area contributed by atoms with Gasteiger partial charge in [-0.2, -0.15) is 0 Å². The third kappa shape index (κ3) is 4.75. The van der Waals surface area contributed by atoms with Crippen molar-refractivity contribution in [3.8, 4) is 5.75 Å². The average molecular weight is 316 g/mol. The van der Waals surface area contributed by atoms with E-state index in [2.05, 4.69) is 21.2 Å². The first-order chi connectivity index (χ1) is 8.52. The van der Waals surface area contributed by atoms with Gasteiger partial charge in [-0.05, 0) is 30.7 Å². The molecule has 98 valence electrons. The maximum absolute atomic E-state index is 11.4.